The molecule has 0 aromatic heterocycles. The van der Waals surface area contributed by atoms with E-state index in [1.165, 1.54) is 14.1 Å². The van der Waals surface area contributed by atoms with E-state index < -0.39 is 31.1 Å². The second kappa shape index (κ2) is 8.08. The van der Waals surface area contributed by atoms with Gasteiger partial charge in [0, 0.05) is 26.6 Å². The van der Waals surface area contributed by atoms with E-state index in [4.69, 9.17) is 0 Å². The van der Waals surface area contributed by atoms with Crippen molar-refractivity contribution in [1.29, 1.82) is 0 Å². The predicted octanol–water partition coefficient (Wildman–Crippen LogP) is 0.854. The second-order valence-electron chi connectivity index (χ2n) is 4.82. The number of hydrogen-bond acceptors (Lipinski definition) is 3. The Labute approximate surface area is 117 Å². The number of rotatable bonds is 7. The van der Waals surface area contributed by atoms with Crippen LogP contribution in [0.15, 0.2) is 0 Å². The maximum atomic E-state index is 12.5. The topological polar surface area (TPSA) is 52.7 Å². The first kappa shape index (κ1) is 18.7. The van der Waals surface area contributed by atoms with Crippen LogP contribution in [0.25, 0.3) is 0 Å². The van der Waals surface area contributed by atoms with Crippen molar-refractivity contribution in [3.05, 3.63) is 0 Å². The third-order valence-corrected chi connectivity index (χ3v) is 2.58. The van der Waals surface area contributed by atoms with Gasteiger partial charge in [0.2, 0.25) is 11.8 Å². The maximum Gasteiger partial charge on any atom is 0.406 e. The van der Waals surface area contributed by atoms with E-state index in [-0.39, 0.29) is 12.5 Å². The first-order valence-corrected chi connectivity index (χ1v) is 6.34. The molecule has 1 N–H and O–H groups in total. The van der Waals surface area contributed by atoms with Crippen LogP contribution in [0.2, 0.25) is 0 Å². The number of amides is 2. The molecule has 0 aromatic carbocycles. The van der Waals surface area contributed by atoms with Crippen LogP contribution in [0.5, 0.6) is 0 Å². The van der Waals surface area contributed by atoms with Crippen molar-refractivity contribution >= 4 is 11.8 Å². The van der Waals surface area contributed by atoms with Gasteiger partial charge in [-0.05, 0) is 13.5 Å². The zero-order valence-electron chi connectivity index (χ0n) is 12.3. The Kier molecular flexibility index (Phi) is 7.55. The van der Waals surface area contributed by atoms with Crippen LogP contribution in [0, 0.1) is 0 Å². The summed E-state index contributed by atoms with van der Waals surface area (Å²) < 4.78 is 37.4. The van der Waals surface area contributed by atoms with Gasteiger partial charge in [0.25, 0.3) is 0 Å². The van der Waals surface area contributed by atoms with Gasteiger partial charge in [-0.25, -0.2) is 0 Å². The number of likely N-dealkylation sites (N-methyl/N-ethyl adjacent to an activating group) is 1. The minimum atomic E-state index is -4.52. The largest absolute Gasteiger partial charge is 0.406 e. The molecule has 0 radical (unpaired) electrons. The average molecular weight is 297 g/mol. The first-order valence-electron chi connectivity index (χ1n) is 6.34. The number of carbonyl (C=O) groups excluding carboxylic acids is 2. The first-order chi connectivity index (χ1) is 9.06. The van der Waals surface area contributed by atoms with Crippen LogP contribution in [-0.4, -0.2) is 67.6 Å². The van der Waals surface area contributed by atoms with Gasteiger partial charge in [0.05, 0.1) is 0 Å². The number of hydrogen-bond donors (Lipinski definition) is 1. The van der Waals surface area contributed by atoms with Gasteiger partial charge in [-0.1, -0.05) is 6.92 Å². The van der Waals surface area contributed by atoms with E-state index in [1.807, 2.05) is 6.92 Å². The van der Waals surface area contributed by atoms with Gasteiger partial charge in [-0.15, -0.1) is 0 Å². The fourth-order valence-electron chi connectivity index (χ4n) is 1.57. The van der Waals surface area contributed by atoms with E-state index in [1.54, 1.807) is 6.92 Å². The fraction of sp³-hybridized carbons (Fsp3) is 0.833. The predicted molar refractivity (Wildman–Crippen MR) is 69.1 cm³/mol. The van der Waals surface area contributed by atoms with Gasteiger partial charge in [-0.2, -0.15) is 13.2 Å². The standard InChI is InChI=1S/C12H22F3N3O2/c1-5-16-9(2)6-10(19)18(8-12(13,14)15)7-11(20)17(3)4/h9,16H,5-8H2,1-4H3. The minimum Gasteiger partial charge on any atom is -0.347 e. The van der Waals surface area contributed by atoms with Crippen molar-refractivity contribution in [1.82, 2.24) is 15.1 Å². The van der Waals surface area contributed by atoms with Crippen LogP contribution in [0.1, 0.15) is 20.3 Å². The lowest BCUT2D eigenvalue weighted by molar-refractivity contribution is -0.164. The lowest BCUT2D eigenvalue weighted by Crippen LogP contribution is -2.46. The Balaban J connectivity index is 4.74. The van der Waals surface area contributed by atoms with Crippen molar-refractivity contribution in [2.75, 3.05) is 33.7 Å². The molecule has 0 aromatic rings. The zero-order chi connectivity index (χ0) is 15.9. The summed E-state index contributed by atoms with van der Waals surface area (Å²) in [6.45, 7) is 2.18. The molecule has 0 saturated carbocycles. The molecule has 0 fully saturated rings. The van der Waals surface area contributed by atoms with Crippen molar-refractivity contribution in [3.63, 3.8) is 0 Å². The third kappa shape index (κ3) is 7.98. The molecule has 8 heteroatoms. The molecule has 0 spiro atoms. The second-order valence-corrected chi connectivity index (χ2v) is 4.82. The number of nitrogens with one attached hydrogen (secondary N) is 1. The molecule has 0 rings (SSSR count). The molecular weight excluding hydrogens is 275 g/mol. The molecule has 0 aliphatic heterocycles. The highest BCUT2D eigenvalue weighted by Gasteiger charge is 2.34. The van der Waals surface area contributed by atoms with Gasteiger partial charge in [0.1, 0.15) is 13.1 Å². The van der Waals surface area contributed by atoms with Crippen LogP contribution in [0.4, 0.5) is 13.2 Å². The van der Waals surface area contributed by atoms with Gasteiger partial charge in [-0.3, -0.25) is 9.59 Å². The number of carbonyl (C=O) groups is 2. The maximum absolute atomic E-state index is 12.5. The summed E-state index contributed by atoms with van der Waals surface area (Å²) in [6.07, 6.45) is -4.60. The van der Waals surface area contributed by atoms with E-state index in [9.17, 15) is 22.8 Å². The third-order valence-electron chi connectivity index (χ3n) is 2.58. The normalized spacial score (nSPS) is 12.9. The van der Waals surface area contributed by atoms with E-state index in [0.717, 1.165) is 4.90 Å². The Morgan fingerprint density at radius 1 is 1.20 bits per heavy atom. The molecule has 0 aliphatic carbocycles. The SMILES string of the molecule is CCNC(C)CC(=O)N(CC(=O)N(C)C)CC(F)(F)F. The molecule has 0 bridgehead atoms. The summed E-state index contributed by atoms with van der Waals surface area (Å²) in [5.41, 5.74) is 0. The lowest BCUT2D eigenvalue weighted by Gasteiger charge is -2.26. The molecule has 0 saturated heterocycles. The number of alkyl halides is 3. The molecule has 2 amide bonds. The molecule has 0 aliphatic rings. The average Bonchev–Trinajstić information content (AvgIpc) is 2.26. The summed E-state index contributed by atoms with van der Waals surface area (Å²) in [6, 6.07) is -0.238. The van der Waals surface area contributed by atoms with E-state index >= 15 is 0 Å². The van der Waals surface area contributed by atoms with Crippen LogP contribution >= 0.6 is 0 Å². The summed E-state index contributed by atoms with van der Waals surface area (Å²) in [7, 11) is 2.86. The summed E-state index contributed by atoms with van der Waals surface area (Å²) in [5.74, 6) is -1.23. The van der Waals surface area contributed by atoms with Crippen molar-refractivity contribution in [2.24, 2.45) is 0 Å². The quantitative estimate of drug-likeness (QED) is 0.758. The van der Waals surface area contributed by atoms with E-state index in [2.05, 4.69) is 5.32 Å². The minimum absolute atomic E-state index is 0.0787. The summed E-state index contributed by atoms with van der Waals surface area (Å²) >= 11 is 0. The molecular formula is C12H22F3N3O2. The highest BCUT2D eigenvalue weighted by Crippen LogP contribution is 2.17. The highest BCUT2D eigenvalue weighted by atomic mass is 19.4. The van der Waals surface area contributed by atoms with E-state index in [0.29, 0.717) is 11.4 Å². The Hall–Kier alpha value is -1.31. The molecule has 1 unspecified atom stereocenters. The Morgan fingerprint density at radius 2 is 1.75 bits per heavy atom. The number of halogens is 3. The molecule has 5 nitrogen and oxygen atoms in total. The summed E-state index contributed by atoms with van der Waals surface area (Å²) in [4.78, 5) is 25.1. The van der Waals surface area contributed by atoms with Crippen molar-refractivity contribution < 1.29 is 22.8 Å². The fourth-order valence-corrected chi connectivity index (χ4v) is 1.57. The Morgan fingerprint density at radius 3 is 2.15 bits per heavy atom. The van der Waals surface area contributed by atoms with Crippen molar-refractivity contribution in [2.45, 2.75) is 32.5 Å². The smallest absolute Gasteiger partial charge is 0.347 e. The van der Waals surface area contributed by atoms with Gasteiger partial charge in [0.15, 0.2) is 0 Å². The Bertz CT molecular complexity index is 332. The summed E-state index contributed by atoms with van der Waals surface area (Å²) in [5, 5.41) is 2.95. The van der Waals surface area contributed by atoms with Crippen LogP contribution in [0.3, 0.4) is 0 Å². The van der Waals surface area contributed by atoms with Crippen molar-refractivity contribution in [3.8, 4) is 0 Å². The number of nitrogens with zero attached hydrogens (tertiary/aromatic N) is 2. The molecule has 20 heavy (non-hydrogen) atoms. The molecule has 118 valence electrons. The van der Waals surface area contributed by atoms with Crippen LogP contribution in [-0.2, 0) is 9.59 Å². The van der Waals surface area contributed by atoms with Crippen LogP contribution < -0.4 is 5.32 Å². The monoisotopic (exact) mass is 297 g/mol. The molecule has 0 heterocycles. The zero-order valence-corrected chi connectivity index (χ0v) is 12.3. The highest BCUT2D eigenvalue weighted by molar-refractivity contribution is 5.84. The lowest BCUT2D eigenvalue weighted by atomic mass is 10.2. The van der Waals surface area contributed by atoms with Gasteiger partial charge < -0.3 is 15.1 Å². The molecule has 1 atom stereocenters. The van der Waals surface area contributed by atoms with Gasteiger partial charge >= 0.3 is 6.18 Å².